The second kappa shape index (κ2) is 14.6. The van der Waals surface area contributed by atoms with Crippen LogP contribution >= 0.6 is 0 Å². The minimum absolute atomic E-state index is 0.112. The van der Waals surface area contributed by atoms with Gasteiger partial charge < -0.3 is 40.7 Å². The average Bonchev–Trinajstić information content (AvgIpc) is 2.70. The summed E-state index contributed by atoms with van der Waals surface area (Å²) in [7, 11) is 0. The summed E-state index contributed by atoms with van der Waals surface area (Å²) in [6.45, 7) is 0.624. The SMILES string of the molecule is O=C([O-])C(F)(F)F.O=C([O-])C(F)(F)F.[NH3+]CC(=O)OCc1cccc(COC(=O)C[NH3+])c1. The number of quaternary nitrogens is 2. The molecule has 0 heterocycles. The van der Waals surface area contributed by atoms with Gasteiger partial charge in [0.25, 0.3) is 0 Å². The highest BCUT2D eigenvalue weighted by molar-refractivity contribution is 5.71. The second-order valence-electron chi connectivity index (χ2n) is 5.21. The monoisotopic (exact) mass is 480 g/mol. The van der Waals surface area contributed by atoms with Gasteiger partial charge in [-0.3, -0.25) is 0 Å². The van der Waals surface area contributed by atoms with Crippen molar-refractivity contribution < 1.29 is 76.7 Å². The number of rotatable bonds is 6. The Morgan fingerprint density at radius 2 is 1.03 bits per heavy atom. The van der Waals surface area contributed by atoms with Crippen LogP contribution in [0.3, 0.4) is 0 Å². The first-order valence-corrected chi connectivity index (χ1v) is 8.08. The molecule has 0 fully saturated rings. The molecule has 0 bridgehead atoms. The van der Waals surface area contributed by atoms with E-state index in [2.05, 4.69) is 11.5 Å². The molecule has 182 valence electrons. The summed E-state index contributed by atoms with van der Waals surface area (Å²) in [6, 6.07) is 7.32. The Morgan fingerprint density at radius 3 is 1.25 bits per heavy atom. The van der Waals surface area contributed by atoms with Crippen molar-refractivity contribution in [3.63, 3.8) is 0 Å². The Hall–Kier alpha value is -3.40. The number of hydrogen-bond acceptors (Lipinski definition) is 8. The maximum absolute atomic E-state index is 11.0. The van der Waals surface area contributed by atoms with Crippen molar-refractivity contribution in [2.45, 2.75) is 25.6 Å². The highest BCUT2D eigenvalue weighted by atomic mass is 19.4. The molecule has 1 rings (SSSR count). The predicted molar refractivity (Wildman–Crippen MR) is 83.7 cm³/mol. The van der Waals surface area contributed by atoms with Crippen LogP contribution in [-0.2, 0) is 41.9 Å². The summed E-state index contributed by atoms with van der Waals surface area (Å²) >= 11 is 0. The number of alkyl halides is 6. The third-order valence-corrected chi connectivity index (χ3v) is 2.66. The van der Waals surface area contributed by atoms with E-state index >= 15 is 0 Å². The average molecular weight is 480 g/mol. The summed E-state index contributed by atoms with van der Waals surface area (Å²) in [6.07, 6.45) is -10.4. The lowest BCUT2D eigenvalue weighted by atomic mass is 10.1. The second-order valence-corrected chi connectivity index (χ2v) is 5.21. The van der Waals surface area contributed by atoms with Crippen molar-refractivity contribution in [2.75, 3.05) is 13.1 Å². The first kappa shape index (κ1) is 30.8. The van der Waals surface area contributed by atoms with E-state index < -0.39 is 24.3 Å². The van der Waals surface area contributed by atoms with Crippen LogP contribution in [-0.4, -0.2) is 49.3 Å². The molecule has 0 unspecified atom stereocenters. The van der Waals surface area contributed by atoms with Crippen LogP contribution in [0.15, 0.2) is 24.3 Å². The lowest BCUT2D eigenvalue weighted by Crippen LogP contribution is -2.54. The number of benzene rings is 1. The van der Waals surface area contributed by atoms with E-state index in [0.29, 0.717) is 0 Å². The van der Waals surface area contributed by atoms with Crippen molar-refractivity contribution >= 4 is 23.9 Å². The number of esters is 2. The summed E-state index contributed by atoms with van der Waals surface area (Å²) < 4.78 is 73.0. The third-order valence-electron chi connectivity index (χ3n) is 2.66. The number of aliphatic carboxylic acids is 2. The number of carboxylic acid groups (broad SMARTS) is 2. The molecule has 0 atom stereocenters. The van der Waals surface area contributed by atoms with Crippen LogP contribution in [0.4, 0.5) is 26.3 Å². The third kappa shape index (κ3) is 16.4. The van der Waals surface area contributed by atoms with Crippen molar-refractivity contribution in [2.24, 2.45) is 0 Å². The van der Waals surface area contributed by atoms with Crippen molar-refractivity contribution in [1.29, 1.82) is 0 Å². The smallest absolute Gasteiger partial charge is 0.430 e. The van der Waals surface area contributed by atoms with E-state index in [9.17, 15) is 35.9 Å². The van der Waals surface area contributed by atoms with Gasteiger partial charge in [0.15, 0.2) is 13.1 Å². The number of carboxylic acids is 2. The number of carbonyl (C=O) groups is 4. The lowest BCUT2D eigenvalue weighted by molar-refractivity contribution is -0.360. The summed E-state index contributed by atoms with van der Waals surface area (Å²) in [5.41, 5.74) is 8.57. The van der Waals surface area contributed by atoms with Crippen LogP contribution in [0.2, 0.25) is 0 Å². The zero-order valence-electron chi connectivity index (χ0n) is 16.1. The fourth-order valence-corrected chi connectivity index (χ4v) is 1.28. The van der Waals surface area contributed by atoms with Gasteiger partial charge in [0.1, 0.15) is 25.2 Å². The maximum Gasteiger partial charge on any atom is 0.430 e. The van der Waals surface area contributed by atoms with Gasteiger partial charge >= 0.3 is 24.3 Å². The molecule has 0 amide bonds. The predicted octanol–water partition coefficient (Wildman–Crippen LogP) is -3.15. The van der Waals surface area contributed by atoms with Gasteiger partial charge in [0.2, 0.25) is 0 Å². The molecule has 0 aliphatic rings. The van der Waals surface area contributed by atoms with Gasteiger partial charge in [-0.25, -0.2) is 9.59 Å². The highest BCUT2D eigenvalue weighted by Gasteiger charge is 2.29. The molecule has 0 aliphatic carbocycles. The van der Waals surface area contributed by atoms with Crippen LogP contribution in [0, 0.1) is 0 Å². The Labute approximate surface area is 175 Å². The fraction of sp³-hybridized carbons (Fsp3) is 0.375. The Morgan fingerprint density at radius 1 is 0.750 bits per heavy atom. The number of carbonyl (C=O) groups excluding carboxylic acids is 4. The maximum atomic E-state index is 11.0. The molecule has 0 saturated carbocycles. The molecule has 0 saturated heterocycles. The number of halogens is 6. The zero-order valence-corrected chi connectivity index (χ0v) is 16.1. The Balaban J connectivity index is 0. The van der Waals surface area contributed by atoms with Crippen molar-refractivity contribution in [3.05, 3.63) is 35.4 Å². The molecule has 16 heteroatoms. The summed E-state index contributed by atoms with van der Waals surface area (Å²) in [4.78, 5) is 39.5. The summed E-state index contributed by atoms with van der Waals surface area (Å²) in [5, 5.41) is 17.6. The number of hydrogen-bond donors (Lipinski definition) is 2. The van der Waals surface area contributed by atoms with Gasteiger partial charge in [-0.2, -0.15) is 26.3 Å². The van der Waals surface area contributed by atoms with Gasteiger partial charge in [0, 0.05) is 0 Å². The molecule has 6 N–H and O–H groups in total. The molecule has 0 spiro atoms. The highest BCUT2D eigenvalue weighted by Crippen LogP contribution is 2.12. The van der Waals surface area contributed by atoms with Crippen LogP contribution in [0.25, 0.3) is 0 Å². The van der Waals surface area contributed by atoms with E-state index in [1.807, 2.05) is 24.3 Å². The largest absolute Gasteiger partial charge is 0.542 e. The molecule has 0 radical (unpaired) electrons. The molecule has 1 aromatic carbocycles. The van der Waals surface area contributed by atoms with Gasteiger partial charge in [0.05, 0.1) is 0 Å². The molecule has 0 aromatic heterocycles. The van der Waals surface area contributed by atoms with Gasteiger partial charge in [-0.05, 0) is 17.2 Å². The minimum Gasteiger partial charge on any atom is -0.542 e. The van der Waals surface area contributed by atoms with E-state index in [0.717, 1.165) is 11.1 Å². The molecule has 10 nitrogen and oxygen atoms in total. The zero-order chi connectivity index (χ0) is 25.5. The molecule has 1 aromatic rings. The van der Waals surface area contributed by atoms with E-state index in [-0.39, 0.29) is 38.2 Å². The number of ether oxygens (including phenoxy) is 2. The van der Waals surface area contributed by atoms with Gasteiger partial charge in [-0.15, -0.1) is 0 Å². The van der Waals surface area contributed by atoms with Gasteiger partial charge in [-0.1, -0.05) is 18.2 Å². The minimum atomic E-state index is -5.19. The lowest BCUT2D eigenvalue weighted by Gasteiger charge is -2.06. The van der Waals surface area contributed by atoms with Crippen molar-refractivity contribution in [1.82, 2.24) is 0 Å². The van der Waals surface area contributed by atoms with Crippen LogP contribution < -0.4 is 21.7 Å². The first-order valence-electron chi connectivity index (χ1n) is 8.08. The fourth-order valence-electron chi connectivity index (χ4n) is 1.28. The normalized spacial score (nSPS) is 10.5. The van der Waals surface area contributed by atoms with Crippen molar-refractivity contribution in [3.8, 4) is 0 Å². The first-order chi connectivity index (χ1) is 14.5. The summed E-state index contributed by atoms with van der Waals surface area (Å²) in [5.74, 6) is -6.70. The van der Waals surface area contributed by atoms with E-state index in [1.54, 1.807) is 0 Å². The van der Waals surface area contributed by atoms with E-state index in [1.165, 1.54) is 0 Å². The topological polar surface area (TPSA) is 188 Å². The quantitative estimate of drug-likeness (QED) is 0.315. The molecular formula is C16H18F6N2O8. The molecular weight excluding hydrogens is 462 g/mol. The Bertz CT molecular complexity index is 708. The van der Waals surface area contributed by atoms with Crippen LogP contribution in [0.5, 0.6) is 0 Å². The Kier molecular flexibility index (Phi) is 14.0. The molecule has 0 aliphatic heterocycles. The van der Waals surface area contributed by atoms with E-state index in [4.69, 9.17) is 29.3 Å². The standard InChI is InChI=1S/C12H16N2O4.2C2HF3O2/c13-5-11(15)17-7-9-2-1-3-10(4-9)8-18-12(16)6-14;2*3-2(4,5)1(6)7/h1-4H,5-8,13-14H2;2*(H,6,7). The van der Waals surface area contributed by atoms with Crippen LogP contribution in [0.1, 0.15) is 11.1 Å². The molecule has 32 heavy (non-hydrogen) atoms.